The van der Waals surface area contributed by atoms with Gasteiger partial charge in [0.15, 0.2) is 0 Å². The van der Waals surface area contributed by atoms with E-state index in [-0.39, 0.29) is 25.3 Å². The summed E-state index contributed by atoms with van der Waals surface area (Å²) in [4.78, 5) is 71.5. The molecule has 0 bridgehead atoms. The number of carbonyl (C=O) groups excluding carboxylic acids is 4. The maximum absolute atomic E-state index is 12.8. The lowest BCUT2D eigenvalue weighted by atomic mass is 9.81. The normalized spacial score (nSPS) is 17.5. The van der Waals surface area contributed by atoms with Gasteiger partial charge < -0.3 is 41.0 Å². The van der Waals surface area contributed by atoms with Crippen molar-refractivity contribution in [2.24, 2.45) is 5.92 Å². The number of quaternary nitrogens is 1. The summed E-state index contributed by atoms with van der Waals surface area (Å²) in [5, 5.41) is 34.9. The van der Waals surface area contributed by atoms with E-state index in [2.05, 4.69) is 16.0 Å². The van der Waals surface area contributed by atoms with E-state index in [4.69, 9.17) is 9.90 Å². The third-order valence-electron chi connectivity index (χ3n) is 7.37. The van der Waals surface area contributed by atoms with Crippen LogP contribution in [-0.2, 0) is 28.8 Å². The minimum atomic E-state index is -5.19. The third-order valence-corrected chi connectivity index (χ3v) is 7.37. The largest absolute Gasteiger partial charge is 0.542 e. The van der Waals surface area contributed by atoms with Gasteiger partial charge in [0.2, 0.25) is 17.7 Å². The number of piperidine rings is 1. The molecule has 0 aromatic heterocycles. The highest BCUT2D eigenvalue weighted by Gasteiger charge is 2.42. The predicted octanol–water partition coefficient (Wildman–Crippen LogP) is -0.860. The predicted molar refractivity (Wildman–Crippen MR) is 137 cm³/mol. The van der Waals surface area contributed by atoms with Gasteiger partial charge >= 0.3 is 18.1 Å². The van der Waals surface area contributed by atoms with Crippen LogP contribution in [0, 0.1) is 5.92 Å². The van der Waals surface area contributed by atoms with E-state index in [1.807, 2.05) is 0 Å². The molecular weight excluding hydrogens is 569 g/mol. The van der Waals surface area contributed by atoms with E-state index in [1.54, 1.807) is 6.92 Å². The van der Waals surface area contributed by atoms with Crippen molar-refractivity contribution >= 4 is 35.6 Å². The lowest BCUT2D eigenvalue weighted by molar-refractivity contribution is -0.664. The zero-order chi connectivity index (χ0) is 31.9. The van der Waals surface area contributed by atoms with Crippen LogP contribution >= 0.6 is 0 Å². The Morgan fingerprint density at radius 1 is 1.05 bits per heavy atom. The Balaban J connectivity index is 0.00000112. The van der Waals surface area contributed by atoms with Crippen molar-refractivity contribution in [1.29, 1.82) is 0 Å². The fraction of sp³-hybridized carbons (Fsp3) is 0.769. The Hall–Kier alpha value is -3.43. The van der Waals surface area contributed by atoms with Crippen LogP contribution in [0.4, 0.5) is 13.2 Å². The maximum atomic E-state index is 12.8. The van der Waals surface area contributed by atoms with Crippen molar-refractivity contribution in [3.8, 4) is 0 Å². The highest BCUT2D eigenvalue weighted by molar-refractivity contribution is 5.95. The van der Waals surface area contributed by atoms with Crippen LogP contribution < -0.4 is 21.1 Å². The van der Waals surface area contributed by atoms with E-state index in [0.29, 0.717) is 31.7 Å². The summed E-state index contributed by atoms with van der Waals surface area (Å²) in [6.07, 6.45) is 1.13. The standard InChI is InChI=1S/C24H40N4O7.C2HF3O2/c1-2-28(20(30)8-6-7-17-9-13-25-14-10-17)16-19(29)26-18(15-21(31)32)22(33)27-24(23(34)35)11-4-3-5-12-24;3-2(4,5)1(6)7/h17-18,25H,2-16H2,1H3,(H,26,29)(H,27,33)(H,31,32)(H,34,35);(H,6,7)/t18-;/m0./s1. The molecule has 16 heteroatoms. The van der Waals surface area contributed by atoms with Crippen LogP contribution in [-0.4, -0.2) is 94.7 Å². The third kappa shape index (κ3) is 13.0. The van der Waals surface area contributed by atoms with Gasteiger partial charge in [-0.15, -0.1) is 0 Å². The Bertz CT molecular complexity index is 950. The number of nitrogens with one attached hydrogen (secondary N) is 2. The van der Waals surface area contributed by atoms with Gasteiger partial charge in [-0.3, -0.25) is 19.2 Å². The number of hydrogen-bond donors (Lipinski definition) is 5. The smallest absolute Gasteiger partial charge is 0.430 e. The number of carboxylic acids is 3. The molecule has 1 atom stereocenters. The first kappa shape index (κ1) is 36.6. The number of hydrogen-bond acceptors (Lipinski definition) is 7. The van der Waals surface area contributed by atoms with Crippen LogP contribution in [0.2, 0.25) is 0 Å². The molecule has 1 heterocycles. The van der Waals surface area contributed by atoms with Crippen molar-refractivity contribution < 1.29 is 62.6 Å². The van der Waals surface area contributed by atoms with Crippen LogP contribution in [0.1, 0.15) is 77.6 Å². The number of amides is 3. The van der Waals surface area contributed by atoms with Crippen molar-refractivity contribution in [1.82, 2.24) is 15.5 Å². The van der Waals surface area contributed by atoms with Gasteiger partial charge in [-0.05, 0) is 51.4 Å². The molecule has 0 unspecified atom stereocenters. The van der Waals surface area contributed by atoms with E-state index in [1.165, 1.54) is 4.90 Å². The topological polar surface area (TPSA) is 210 Å². The molecule has 1 saturated carbocycles. The average molecular weight is 611 g/mol. The van der Waals surface area contributed by atoms with Crippen molar-refractivity contribution in [3.05, 3.63) is 0 Å². The highest BCUT2D eigenvalue weighted by atomic mass is 19.4. The molecule has 0 aromatic carbocycles. The second-order valence-corrected chi connectivity index (χ2v) is 10.5. The number of aliphatic carboxylic acids is 3. The quantitative estimate of drug-likeness (QED) is 0.175. The fourth-order valence-corrected chi connectivity index (χ4v) is 5.03. The summed E-state index contributed by atoms with van der Waals surface area (Å²) in [5.41, 5.74) is -1.46. The Kier molecular flexibility index (Phi) is 15.3. The van der Waals surface area contributed by atoms with E-state index >= 15 is 0 Å². The molecular formula is C26H41F3N4O9. The second-order valence-electron chi connectivity index (χ2n) is 10.5. The van der Waals surface area contributed by atoms with Gasteiger partial charge in [-0.2, -0.15) is 13.2 Å². The summed E-state index contributed by atoms with van der Waals surface area (Å²) in [6, 6.07) is -1.44. The maximum Gasteiger partial charge on any atom is 0.430 e. The van der Waals surface area contributed by atoms with Gasteiger partial charge in [-0.25, -0.2) is 4.79 Å². The molecule has 2 aliphatic rings. The van der Waals surface area contributed by atoms with Crippen LogP contribution in [0.5, 0.6) is 0 Å². The summed E-state index contributed by atoms with van der Waals surface area (Å²) >= 11 is 0. The molecule has 0 spiro atoms. The Labute approximate surface area is 241 Å². The van der Waals surface area contributed by atoms with Crippen molar-refractivity contribution in [2.75, 3.05) is 26.2 Å². The molecule has 0 aromatic rings. The zero-order valence-electron chi connectivity index (χ0n) is 23.7. The van der Waals surface area contributed by atoms with Gasteiger partial charge in [0.05, 0.1) is 26.1 Å². The molecule has 2 fully saturated rings. The molecule has 1 aliphatic carbocycles. The minimum Gasteiger partial charge on any atom is -0.542 e. The lowest BCUT2D eigenvalue weighted by Gasteiger charge is -2.35. The van der Waals surface area contributed by atoms with Crippen LogP contribution in [0.3, 0.4) is 0 Å². The number of halogens is 3. The number of nitrogens with zero attached hydrogens (tertiary/aromatic N) is 1. The number of nitrogens with two attached hydrogens (primary N) is 1. The Morgan fingerprint density at radius 3 is 2.10 bits per heavy atom. The van der Waals surface area contributed by atoms with Crippen molar-refractivity contribution in [3.63, 3.8) is 0 Å². The molecule has 2 rings (SSSR count). The highest BCUT2D eigenvalue weighted by Crippen LogP contribution is 2.28. The van der Waals surface area contributed by atoms with E-state index < -0.39 is 53.9 Å². The van der Waals surface area contributed by atoms with Gasteiger partial charge in [0, 0.05) is 13.0 Å². The molecule has 13 nitrogen and oxygen atoms in total. The van der Waals surface area contributed by atoms with Gasteiger partial charge in [0.1, 0.15) is 17.6 Å². The minimum absolute atomic E-state index is 0.156. The number of carboxylic acid groups (broad SMARTS) is 3. The van der Waals surface area contributed by atoms with Crippen LogP contribution in [0.25, 0.3) is 0 Å². The number of alkyl halides is 3. The second kappa shape index (κ2) is 17.5. The molecule has 42 heavy (non-hydrogen) atoms. The van der Waals surface area contributed by atoms with E-state index in [0.717, 1.165) is 45.2 Å². The number of rotatable bonds is 13. The number of likely N-dealkylation sites (N-methyl/N-ethyl adjacent to an activating group) is 1. The molecule has 1 saturated heterocycles. The first-order chi connectivity index (χ1) is 19.6. The monoisotopic (exact) mass is 610 g/mol. The molecule has 6 N–H and O–H groups in total. The van der Waals surface area contributed by atoms with Crippen molar-refractivity contribution in [2.45, 2.75) is 95.3 Å². The van der Waals surface area contributed by atoms with Gasteiger partial charge in [-0.1, -0.05) is 19.3 Å². The zero-order valence-corrected chi connectivity index (χ0v) is 23.7. The summed E-state index contributed by atoms with van der Waals surface area (Å²) in [5.74, 6) is -6.49. The fourth-order valence-electron chi connectivity index (χ4n) is 5.03. The van der Waals surface area contributed by atoms with E-state index in [9.17, 15) is 47.4 Å². The SMILES string of the molecule is CCN(CC(=O)N[C@@H](CC(=O)O)C(=O)NC1(C(=O)O)CCCCC1)C(=O)CCCC1CC[NH2+]CC1.O=C([O-])C(F)(F)F. The first-order valence-corrected chi connectivity index (χ1v) is 14.1. The molecule has 0 radical (unpaired) electrons. The average Bonchev–Trinajstić information content (AvgIpc) is 2.91. The van der Waals surface area contributed by atoms with Gasteiger partial charge in [0.25, 0.3) is 0 Å². The number of carbonyl (C=O) groups is 6. The summed E-state index contributed by atoms with van der Waals surface area (Å²) < 4.78 is 31.5. The first-order valence-electron chi connectivity index (χ1n) is 14.1. The molecule has 240 valence electrons. The summed E-state index contributed by atoms with van der Waals surface area (Å²) in [6.45, 7) is 4.02. The summed E-state index contributed by atoms with van der Waals surface area (Å²) in [7, 11) is 0. The molecule has 3 amide bonds. The Morgan fingerprint density at radius 2 is 1.62 bits per heavy atom. The molecule has 1 aliphatic heterocycles. The lowest BCUT2D eigenvalue weighted by Crippen LogP contribution is -2.86. The van der Waals surface area contributed by atoms with Crippen LogP contribution in [0.15, 0.2) is 0 Å².